The number of hydrogen-bond donors (Lipinski definition) is 1. The average molecular weight is 384 g/mol. The first-order valence-corrected chi connectivity index (χ1v) is 9.42. The van der Waals surface area contributed by atoms with E-state index in [1.807, 2.05) is 34.9 Å². The Kier molecular flexibility index (Phi) is 4.58. The number of fused-ring (bicyclic) bond motifs is 3. The van der Waals surface area contributed by atoms with Gasteiger partial charge >= 0.3 is 0 Å². The molecule has 148 valence electrons. The highest BCUT2D eigenvalue weighted by Gasteiger charge is 2.45. The van der Waals surface area contributed by atoms with Crippen LogP contribution in [-0.2, 0) is 20.9 Å². The number of carbonyl (C=O) groups is 3. The lowest BCUT2D eigenvalue weighted by Gasteiger charge is -2.42. The smallest absolute Gasteiger partial charge is 0.271 e. The van der Waals surface area contributed by atoms with Gasteiger partial charge in [0.05, 0.1) is 26.3 Å². The Bertz CT molecular complexity index is 947. The number of nitrogens with one attached hydrogen (secondary N) is 1. The first kappa shape index (κ1) is 18.5. The zero-order valence-electron chi connectivity index (χ0n) is 16.1. The monoisotopic (exact) mass is 384 g/mol. The zero-order valence-corrected chi connectivity index (χ0v) is 16.1. The number of carbonyl (C=O) groups excluding carboxylic acids is 3. The summed E-state index contributed by atoms with van der Waals surface area (Å²) in [5.74, 6) is -0.690. The molecule has 1 N–H and O–H groups in total. The van der Waals surface area contributed by atoms with Crippen molar-refractivity contribution < 1.29 is 19.1 Å². The van der Waals surface area contributed by atoms with Crippen LogP contribution in [0.15, 0.2) is 30.3 Å². The quantitative estimate of drug-likeness (QED) is 0.833. The van der Waals surface area contributed by atoms with Gasteiger partial charge in [-0.25, -0.2) is 0 Å². The molecule has 1 aromatic heterocycles. The first-order chi connectivity index (χ1) is 13.4. The van der Waals surface area contributed by atoms with E-state index in [1.165, 1.54) is 4.90 Å². The molecule has 3 heterocycles. The highest BCUT2D eigenvalue weighted by atomic mass is 16.5. The van der Waals surface area contributed by atoms with E-state index in [0.29, 0.717) is 38.5 Å². The van der Waals surface area contributed by atoms with Crippen LogP contribution in [0.3, 0.4) is 0 Å². The minimum atomic E-state index is -1.09. The van der Waals surface area contributed by atoms with Crippen molar-refractivity contribution in [3.05, 3.63) is 36.0 Å². The van der Waals surface area contributed by atoms with E-state index in [-0.39, 0.29) is 24.3 Å². The lowest BCUT2D eigenvalue weighted by Crippen LogP contribution is -2.63. The molecule has 0 spiro atoms. The molecule has 0 radical (unpaired) electrons. The molecule has 0 aliphatic carbocycles. The van der Waals surface area contributed by atoms with Crippen LogP contribution in [0.25, 0.3) is 10.9 Å². The van der Waals surface area contributed by atoms with Crippen LogP contribution in [0, 0.1) is 0 Å². The summed E-state index contributed by atoms with van der Waals surface area (Å²) in [7, 11) is 1.63. The van der Waals surface area contributed by atoms with Crippen molar-refractivity contribution in [2.75, 3.05) is 39.9 Å². The van der Waals surface area contributed by atoms with Crippen molar-refractivity contribution in [3.8, 4) is 0 Å². The van der Waals surface area contributed by atoms with Crippen LogP contribution in [-0.4, -0.2) is 77.5 Å². The highest BCUT2D eigenvalue weighted by molar-refractivity contribution is 6.03. The fraction of sp³-hybridized carbons (Fsp3) is 0.450. The van der Waals surface area contributed by atoms with Gasteiger partial charge in [-0.3, -0.25) is 14.4 Å². The lowest BCUT2D eigenvalue weighted by atomic mass is 9.95. The van der Waals surface area contributed by atoms with Crippen LogP contribution in [0.4, 0.5) is 0 Å². The molecule has 4 rings (SSSR count). The molecule has 2 aromatic rings. The largest absolute Gasteiger partial charge is 0.378 e. The minimum absolute atomic E-state index is 0.0876. The van der Waals surface area contributed by atoms with Crippen molar-refractivity contribution in [3.63, 3.8) is 0 Å². The molecule has 28 heavy (non-hydrogen) atoms. The maximum absolute atomic E-state index is 13.0. The molecule has 1 fully saturated rings. The summed E-state index contributed by atoms with van der Waals surface area (Å²) in [6.07, 6.45) is 0. The fourth-order valence-electron chi connectivity index (χ4n) is 3.86. The maximum Gasteiger partial charge on any atom is 0.271 e. The Morgan fingerprint density at radius 1 is 1.21 bits per heavy atom. The van der Waals surface area contributed by atoms with E-state index in [2.05, 4.69) is 5.32 Å². The van der Waals surface area contributed by atoms with Gasteiger partial charge in [0.1, 0.15) is 11.2 Å². The SMILES string of the molecule is CN1C(=O)c2cc3ccccc3n2C[C@]1(C)C(=O)NCC(=O)N1CCOCC1. The van der Waals surface area contributed by atoms with E-state index >= 15 is 0 Å². The van der Waals surface area contributed by atoms with Crippen molar-refractivity contribution in [2.45, 2.75) is 19.0 Å². The number of rotatable bonds is 3. The highest BCUT2D eigenvalue weighted by Crippen LogP contribution is 2.31. The summed E-state index contributed by atoms with van der Waals surface area (Å²) in [5.41, 5.74) is 0.401. The molecule has 8 heteroatoms. The molecule has 1 saturated heterocycles. The Morgan fingerprint density at radius 3 is 2.68 bits per heavy atom. The van der Waals surface area contributed by atoms with Crippen LogP contribution >= 0.6 is 0 Å². The molecular formula is C20H24N4O4. The molecule has 2 aliphatic rings. The molecule has 8 nitrogen and oxygen atoms in total. The molecule has 0 bridgehead atoms. The molecule has 0 unspecified atom stereocenters. The molecule has 1 atom stereocenters. The standard InChI is InChI=1S/C20H24N4O4/c1-20(19(27)21-12-17(25)23-7-9-28-10-8-23)13-24-15-6-4-3-5-14(15)11-16(24)18(26)22(20)2/h3-6,11H,7-10,12-13H2,1-2H3,(H,21,27)/t20-/m1/s1. The third-order valence-corrected chi connectivity index (χ3v) is 5.79. The number of amides is 3. The van der Waals surface area contributed by atoms with Crippen molar-refractivity contribution in [1.82, 2.24) is 19.7 Å². The van der Waals surface area contributed by atoms with Crippen molar-refractivity contribution >= 4 is 28.6 Å². The first-order valence-electron chi connectivity index (χ1n) is 9.42. The Morgan fingerprint density at radius 2 is 1.93 bits per heavy atom. The van der Waals surface area contributed by atoms with Gasteiger partial charge in [0.2, 0.25) is 11.8 Å². The third-order valence-electron chi connectivity index (χ3n) is 5.79. The molecule has 0 saturated carbocycles. The molecule has 3 amide bonds. The van der Waals surface area contributed by atoms with E-state index < -0.39 is 5.54 Å². The van der Waals surface area contributed by atoms with Gasteiger partial charge in [-0.1, -0.05) is 18.2 Å². The van der Waals surface area contributed by atoms with Gasteiger partial charge in [0.25, 0.3) is 5.91 Å². The third kappa shape index (κ3) is 2.93. The van der Waals surface area contributed by atoms with Gasteiger partial charge < -0.3 is 24.4 Å². The summed E-state index contributed by atoms with van der Waals surface area (Å²) >= 11 is 0. The van der Waals surface area contributed by atoms with Crippen LogP contribution in [0.2, 0.25) is 0 Å². The number of likely N-dealkylation sites (N-methyl/N-ethyl adjacent to an activating group) is 1. The van der Waals surface area contributed by atoms with Crippen molar-refractivity contribution in [1.29, 1.82) is 0 Å². The Balaban J connectivity index is 1.54. The topological polar surface area (TPSA) is 83.9 Å². The van der Waals surface area contributed by atoms with E-state index in [0.717, 1.165) is 10.9 Å². The number of aromatic nitrogens is 1. The minimum Gasteiger partial charge on any atom is -0.378 e. The van der Waals surface area contributed by atoms with Crippen LogP contribution in [0.5, 0.6) is 0 Å². The number of nitrogens with zero attached hydrogens (tertiary/aromatic N) is 3. The summed E-state index contributed by atoms with van der Waals surface area (Å²) in [6.45, 7) is 4.06. The number of ether oxygens (including phenoxy) is 1. The molecule has 2 aliphatic heterocycles. The predicted octanol–water partition coefficient (Wildman–Crippen LogP) is 0.461. The van der Waals surface area contributed by atoms with E-state index in [9.17, 15) is 14.4 Å². The van der Waals surface area contributed by atoms with Crippen LogP contribution in [0.1, 0.15) is 17.4 Å². The van der Waals surface area contributed by atoms with Crippen molar-refractivity contribution in [2.24, 2.45) is 0 Å². The normalized spacial score (nSPS) is 22.3. The van der Waals surface area contributed by atoms with Gasteiger partial charge in [-0.15, -0.1) is 0 Å². The molecular weight excluding hydrogens is 360 g/mol. The van der Waals surface area contributed by atoms with Crippen LogP contribution < -0.4 is 5.32 Å². The van der Waals surface area contributed by atoms with Gasteiger partial charge in [0, 0.05) is 31.0 Å². The second-order valence-corrected chi connectivity index (χ2v) is 7.49. The van der Waals surface area contributed by atoms with Gasteiger partial charge in [-0.05, 0) is 19.1 Å². The Hall–Kier alpha value is -2.87. The second-order valence-electron chi connectivity index (χ2n) is 7.49. The lowest BCUT2D eigenvalue weighted by molar-refractivity contribution is -0.139. The summed E-state index contributed by atoms with van der Waals surface area (Å²) in [6, 6.07) is 9.58. The summed E-state index contributed by atoms with van der Waals surface area (Å²) < 4.78 is 7.14. The van der Waals surface area contributed by atoms with Gasteiger partial charge in [0.15, 0.2) is 0 Å². The molecule has 1 aromatic carbocycles. The Labute approximate surface area is 163 Å². The zero-order chi connectivity index (χ0) is 19.9. The fourth-order valence-corrected chi connectivity index (χ4v) is 3.86. The number of benzene rings is 1. The van der Waals surface area contributed by atoms with Gasteiger partial charge in [-0.2, -0.15) is 0 Å². The second kappa shape index (κ2) is 6.94. The summed E-state index contributed by atoms with van der Waals surface area (Å²) in [4.78, 5) is 41.4. The number of morpholine rings is 1. The predicted molar refractivity (Wildman–Crippen MR) is 103 cm³/mol. The maximum atomic E-state index is 13.0. The number of hydrogen-bond acceptors (Lipinski definition) is 4. The summed E-state index contributed by atoms with van der Waals surface area (Å²) in [5, 5.41) is 3.70. The van der Waals surface area contributed by atoms with E-state index in [1.54, 1.807) is 18.9 Å². The van der Waals surface area contributed by atoms with E-state index in [4.69, 9.17) is 4.74 Å². The number of para-hydroxylation sites is 1. The average Bonchev–Trinajstić information content (AvgIpc) is 3.09.